The number of hydrogen-bond donors (Lipinski definition) is 1. The van der Waals surface area contributed by atoms with E-state index in [1.807, 2.05) is 0 Å². The topological polar surface area (TPSA) is 12.4 Å². The van der Waals surface area contributed by atoms with Gasteiger partial charge < -0.3 is 0 Å². The second kappa shape index (κ2) is 4.65. The largest absolute Gasteiger partial charge is 0.296 e. The van der Waals surface area contributed by atoms with Crippen molar-refractivity contribution in [2.75, 3.05) is 7.05 Å². The van der Waals surface area contributed by atoms with Crippen LogP contribution in [0.4, 0.5) is 0 Å². The van der Waals surface area contributed by atoms with Gasteiger partial charge in [0.05, 0.1) is 0 Å². The molecule has 0 radical (unpaired) electrons. The van der Waals surface area contributed by atoms with Crippen molar-refractivity contribution in [3.05, 3.63) is 23.6 Å². The SMILES string of the molecule is C=C/C(S)=C\C=N/C. The lowest BCUT2D eigenvalue weighted by Gasteiger charge is -1.80. The number of allylic oxidation sites excluding steroid dienone is 2. The fourth-order valence-electron chi connectivity index (χ4n) is 0.219. The molecular weight excluding hydrogens is 118 g/mol. The Bertz CT molecular complexity index is 124. The van der Waals surface area contributed by atoms with Crippen LogP contribution in [0.2, 0.25) is 0 Å². The first-order valence-electron chi connectivity index (χ1n) is 2.25. The lowest BCUT2D eigenvalue weighted by atomic mass is 10.5. The number of thiol groups is 1. The van der Waals surface area contributed by atoms with Crippen LogP contribution in [0.15, 0.2) is 28.6 Å². The van der Waals surface area contributed by atoms with Gasteiger partial charge >= 0.3 is 0 Å². The first kappa shape index (κ1) is 7.50. The van der Waals surface area contributed by atoms with Gasteiger partial charge in [-0.05, 0) is 6.08 Å². The summed E-state index contributed by atoms with van der Waals surface area (Å²) in [6, 6.07) is 0. The molecule has 0 unspecified atom stereocenters. The maximum absolute atomic E-state index is 4.02. The molecule has 0 fully saturated rings. The van der Waals surface area contributed by atoms with Crippen molar-refractivity contribution in [3.63, 3.8) is 0 Å². The van der Waals surface area contributed by atoms with Crippen LogP contribution in [-0.2, 0) is 0 Å². The summed E-state index contributed by atoms with van der Waals surface area (Å²) in [7, 11) is 1.71. The molecule has 0 bridgehead atoms. The van der Waals surface area contributed by atoms with Crippen LogP contribution >= 0.6 is 12.6 Å². The molecule has 0 aliphatic rings. The molecule has 0 saturated heterocycles. The summed E-state index contributed by atoms with van der Waals surface area (Å²) in [6.07, 6.45) is 5.10. The lowest BCUT2D eigenvalue weighted by molar-refractivity contribution is 1.48. The summed E-state index contributed by atoms with van der Waals surface area (Å²) in [6.45, 7) is 3.51. The third-order valence-corrected chi connectivity index (χ3v) is 0.935. The normalized spacial score (nSPS) is 12.5. The minimum atomic E-state index is 0.829. The molecule has 8 heavy (non-hydrogen) atoms. The molecule has 0 heterocycles. The Morgan fingerprint density at radius 2 is 2.38 bits per heavy atom. The second-order valence-corrected chi connectivity index (χ2v) is 1.72. The second-order valence-electron chi connectivity index (χ2n) is 1.20. The number of aliphatic imine (C=N–C) groups is 1. The highest BCUT2D eigenvalue weighted by Gasteiger charge is 1.72. The van der Waals surface area contributed by atoms with Crippen LogP contribution < -0.4 is 0 Å². The Hall–Kier alpha value is -0.500. The van der Waals surface area contributed by atoms with Gasteiger partial charge in [-0.2, -0.15) is 0 Å². The maximum atomic E-state index is 4.02. The lowest BCUT2D eigenvalue weighted by Crippen LogP contribution is -1.64. The van der Waals surface area contributed by atoms with Gasteiger partial charge in [0.25, 0.3) is 0 Å². The Morgan fingerprint density at radius 3 is 2.75 bits per heavy atom. The van der Waals surface area contributed by atoms with Gasteiger partial charge in [0.1, 0.15) is 0 Å². The molecule has 0 amide bonds. The number of hydrogen-bond acceptors (Lipinski definition) is 2. The summed E-state index contributed by atoms with van der Waals surface area (Å²) in [4.78, 5) is 4.55. The van der Waals surface area contributed by atoms with Gasteiger partial charge in [-0.15, -0.1) is 12.6 Å². The summed E-state index contributed by atoms with van der Waals surface area (Å²) in [5.74, 6) is 0. The first-order valence-corrected chi connectivity index (χ1v) is 2.70. The minimum Gasteiger partial charge on any atom is -0.296 e. The molecule has 44 valence electrons. The van der Waals surface area contributed by atoms with E-state index in [1.165, 1.54) is 0 Å². The Balaban J connectivity index is 3.74. The van der Waals surface area contributed by atoms with Crippen LogP contribution in [0, 0.1) is 0 Å². The van der Waals surface area contributed by atoms with E-state index in [4.69, 9.17) is 0 Å². The van der Waals surface area contributed by atoms with Crippen LogP contribution in [0.1, 0.15) is 0 Å². The zero-order valence-corrected chi connectivity index (χ0v) is 5.73. The van der Waals surface area contributed by atoms with Crippen molar-refractivity contribution in [1.82, 2.24) is 0 Å². The molecule has 0 N–H and O–H groups in total. The van der Waals surface area contributed by atoms with Gasteiger partial charge in [-0.1, -0.05) is 12.7 Å². The van der Waals surface area contributed by atoms with Crippen molar-refractivity contribution in [3.8, 4) is 0 Å². The Labute approximate surface area is 55.2 Å². The molecule has 0 saturated carbocycles. The van der Waals surface area contributed by atoms with Gasteiger partial charge in [-0.3, -0.25) is 4.99 Å². The Kier molecular flexibility index (Phi) is 4.36. The first-order chi connectivity index (χ1) is 3.81. The standard InChI is InChI=1S/C6H9NS/c1-3-6(8)4-5-7-2/h3-5,8H,1H2,2H3/b6-4+,7-5-. The smallest absolute Gasteiger partial charge is 0.0277 e. The third-order valence-electron chi connectivity index (χ3n) is 0.604. The molecule has 0 atom stereocenters. The molecule has 0 aromatic carbocycles. The van der Waals surface area contributed by atoms with E-state index in [1.54, 1.807) is 25.4 Å². The molecule has 0 aliphatic carbocycles. The van der Waals surface area contributed by atoms with Gasteiger partial charge in [0, 0.05) is 18.2 Å². The van der Waals surface area contributed by atoms with Gasteiger partial charge in [0.2, 0.25) is 0 Å². The number of nitrogens with zero attached hydrogens (tertiary/aromatic N) is 1. The highest BCUT2D eigenvalue weighted by atomic mass is 32.1. The average Bonchev–Trinajstić information content (AvgIpc) is 1.83. The predicted molar refractivity (Wildman–Crippen MR) is 41.7 cm³/mol. The zero-order valence-electron chi connectivity index (χ0n) is 4.83. The van der Waals surface area contributed by atoms with Gasteiger partial charge in [-0.25, -0.2) is 0 Å². The number of rotatable bonds is 2. The van der Waals surface area contributed by atoms with Crippen molar-refractivity contribution < 1.29 is 0 Å². The van der Waals surface area contributed by atoms with E-state index in [0.717, 1.165) is 4.91 Å². The van der Waals surface area contributed by atoms with E-state index in [2.05, 4.69) is 24.2 Å². The van der Waals surface area contributed by atoms with Crippen molar-refractivity contribution >= 4 is 18.8 Å². The molecule has 0 aromatic heterocycles. The fraction of sp³-hybridized carbons (Fsp3) is 0.167. The fourth-order valence-corrected chi connectivity index (χ4v) is 0.286. The highest BCUT2D eigenvalue weighted by Crippen LogP contribution is 1.97. The summed E-state index contributed by atoms with van der Waals surface area (Å²) in [5.41, 5.74) is 0. The van der Waals surface area contributed by atoms with Crippen LogP contribution in [0.3, 0.4) is 0 Å². The predicted octanol–water partition coefficient (Wildman–Crippen LogP) is 1.69. The monoisotopic (exact) mass is 127 g/mol. The van der Waals surface area contributed by atoms with E-state index in [0.29, 0.717) is 0 Å². The molecule has 0 aliphatic heterocycles. The van der Waals surface area contributed by atoms with Crippen molar-refractivity contribution in [2.45, 2.75) is 0 Å². The maximum Gasteiger partial charge on any atom is 0.0277 e. The molecular formula is C6H9NS. The summed E-state index contributed by atoms with van der Waals surface area (Å²) >= 11 is 4.02. The average molecular weight is 127 g/mol. The zero-order chi connectivity index (χ0) is 6.41. The highest BCUT2D eigenvalue weighted by molar-refractivity contribution is 7.84. The third kappa shape index (κ3) is 3.68. The molecule has 0 aromatic rings. The minimum absolute atomic E-state index is 0.829. The van der Waals surface area contributed by atoms with Crippen molar-refractivity contribution in [2.24, 2.45) is 4.99 Å². The van der Waals surface area contributed by atoms with Crippen LogP contribution in [0.5, 0.6) is 0 Å². The van der Waals surface area contributed by atoms with Gasteiger partial charge in [0.15, 0.2) is 0 Å². The molecule has 0 rings (SSSR count). The van der Waals surface area contributed by atoms with E-state index < -0.39 is 0 Å². The summed E-state index contributed by atoms with van der Waals surface area (Å²) in [5, 5.41) is 0. The van der Waals surface area contributed by atoms with Crippen LogP contribution in [-0.4, -0.2) is 13.3 Å². The van der Waals surface area contributed by atoms with Crippen LogP contribution in [0.25, 0.3) is 0 Å². The Morgan fingerprint density at radius 1 is 1.75 bits per heavy atom. The van der Waals surface area contributed by atoms with E-state index in [-0.39, 0.29) is 0 Å². The van der Waals surface area contributed by atoms with E-state index >= 15 is 0 Å². The van der Waals surface area contributed by atoms with E-state index in [9.17, 15) is 0 Å². The molecule has 1 nitrogen and oxygen atoms in total. The van der Waals surface area contributed by atoms with Crippen molar-refractivity contribution in [1.29, 1.82) is 0 Å². The molecule has 2 heteroatoms. The summed E-state index contributed by atoms with van der Waals surface area (Å²) < 4.78 is 0. The molecule has 0 spiro atoms. The quantitative estimate of drug-likeness (QED) is 0.329.